The summed E-state index contributed by atoms with van der Waals surface area (Å²) >= 11 is 0. The summed E-state index contributed by atoms with van der Waals surface area (Å²) in [5, 5.41) is 13.0. The summed E-state index contributed by atoms with van der Waals surface area (Å²) in [7, 11) is 0. The number of rotatable bonds is 5. The van der Waals surface area contributed by atoms with Gasteiger partial charge in [0.2, 0.25) is 0 Å². The molecule has 0 saturated heterocycles. The van der Waals surface area contributed by atoms with Gasteiger partial charge in [0.15, 0.2) is 0 Å². The van der Waals surface area contributed by atoms with Crippen LogP contribution in [-0.4, -0.2) is 23.2 Å². The Morgan fingerprint density at radius 2 is 1.76 bits per heavy atom. The molecule has 21 heavy (non-hydrogen) atoms. The van der Waals surface area contributed by atoms with Crippen molar-refractivity contribution in [2.45, 2.75) is 90.6 Å². The van der Waals surface area contributed by atoms with E-state index in [2.05, 4.69) is 26.1 Å². The van der Waals surface area contributed by atoms with Gasteiger partial charge in [-0.15, -0.1) is 0 Å². The molecule has 2 fully saturated rings. The van der Waals surface area contributed by atoms with Crippen molar-refractivity contribution in [1.82, 2.24) is 5.32 Å². The largest absolute Gasteiger partial charge is 0.481 e. The molecule has 0 aromatic heterocycles. The van der Waals surface area contributed by atoms with E-state index in [4.69, 9.17) is 0 Å². The third kappa shape index (κ3) is 4.45. The SMILES string of the molecule is CCC(C)(C)C1CCC(NC2CCCC(C(=O)O)C2)CC1. The highest BCUT2D eigenvalue weighted by Gasteiger charge is 2.33. The minimum atomic E-state index is -0.602. The first kappa shape index (κ1) is 16.8. The Bertz CT molecular complexity index is 345. The van der Waals surface area contributed by atoms with E-state index < -0.39 is 5.97 Å². The molecule has 2 atom stereocenters. The molecule has 0 radical (unpaired) electrons. The molecule has 0 aromatic rings. The number of hydrogen-bond donors (Lipinski definition) is 2. The molecule has 2 N–H and O–H groups in total. The summed E-state index contributed by atoms with van der Waals surface area (Å²) in [6, 6.07) is 1.05. The van der Waals surface area contributed by atoms with Gasteiger partial charge in [-0.05, 0) is 56.3 Å². The van der Waals surface area contributed by atoms with Gasteiger partial charge in [-0.1, -0.05) is 33.6 Å². The lowest BCUT2D eigenvalue weighted by Crippen LogP contribution is -2.44. The fraction of sp³-hybridized carbons (Fsp3) is 0.944. The van der Waals surface area contributed by atoms with Crippen LogP contribution < -0.4 is 5.32 Å². The van der Waals surface area contributed by atoms with Gasteiger partial charge in [0.05, 0.1) is 5.92 Å². The van der Waals surface area contributed by atoms with E-state index in [1.807, 2.05) is 0 Å². The molecule has 0 spiro atoms. The van der Waals surface area contributed by atoms with E-state index in [9.17, 15) is 9.90 Å². The van der Waals surface area contributed by atoms with Crippen molar-refractivity contribution in [3.63, 3.8) is 0 Å². The third-order valence-electron chi connectivity index (χ3n) is 6.24. The van der Waals surface area contributed by atoms with Gasteiger partial charge in [-0.2, -0.15) is 0 Å². The molecule has 0 bridgehead atoms. The zero-order valence-corrected chi connectivity index (χ0v) is 14.0. The Morgan fingerprint density at radius 1 is 1.10 bits per heavy atom. The topological polar surface area (TPSA) is 49.3 Å². The first-order valence-corrected chi connectivity index (χ1v) is 8.91. The highest BCUT2D eigenvalue weighted by molar-refractivity contribution is 5.70. The van der Waals surface area contributed by atoms with E-state index in [-0.39, 0.29) is 5.92 Å². The first-order chi connectivity index (χ1) is 9.92. The van der Waals surface area contributed by atoms with Crippen molar-refractivity contribution in [1.29, 1.82) is 0 Å². The zero-order valence-electron chi connectivity index (χ0n) is 14.0. The maximum Gasteiger partial charge on any atom is 0.306 e. The van der Waals surface area contributed by atoms with Gasteiger partial charge in [0, 0.05) is 12.1 Å². The molecule has 3 heteroatoms. The number of aliphatic carboxylic acids is 1. The van der Waals surface area contributed by atoms with Crippen LogP contribution in [0.25, 0.3) is 0 Å². The molecule has 0 heterocycles. The minimum absolute atomic E-state index is 0.119. The second-order valence-electron chi connectivity index (χ2n) is 7.96. The third-order valence-corrected chi connectivity index (χ3v) is 6.24. The Morgan fingerprint density at radius 3 is 2.33 bits per heavy atom. The monoisotopic (exact) mass is 295 g/mol. The highest BCUT2D eigenvalue weighted by Crippen LogP contribution is 2.40. The van der Waals surface area contributed by atoms with Crippen LogP contribution in [0.5, 0.6) is 0 Å². The van der Waals surface area contributed by atoms with Crippen LogP contribution in [-0.2, 0) is 4.79 Å². The van der Waals surface area contributed by atoms with Crippen molar-refractivity contribution in [2.24, 2.45) is 17.3 Å². The predicted molar refractivity (Wildman–Crippen MR) is 86.3 cm³/mol. The Hall–Kier alpha value is -0.570. The molecule has 0 aliphatic heterocycles. The quantitative estimate of drug-likeness (QED) is 0.798. The van der Waals surface area contributed by atoms with Gasteiger partial charge in [0.1, 0.15) is 0 Å². The first-order valence-electron chi connectivity index (χ1n) is 8.91. The molecule has 2 rings (SSSR count). The number of carbonyl (C=O) groups is 1. The second kappa shape index (κ2) is 7.13. The van der Waals surface area contributed by atoms with Gasteiger partial charge in [0.25, 0.3) is 0 Å². The van der Waals surface area contributed by atoms with E-state index in [0.717, 1.165) is 31.6 Å². The molecular weight excluding hydrogens is 262 g/mol. The van der Waals surface area contributed by atoms with Crippen LogP contribution in [0.4, 0.5) is 0 Å². The number of hydrogen-bond acceptors (Lipinski definition) is 2. The maximum absolute atomic E-state index is 11.2. The molecule has 2 unspecified atom stereocenters. The average Bonchev–Trinajstić information content (AvgIpc) is 2.48. The van der Waals surface area contributed by atoms with E-state index >= 15 is 0 Å². The summed E-state index contributed by atoms with van der Waals surface area (Å²) in [5.41, 5.74) is 0.476. The standard InChI is InChI=1S/C18H33NO2/c1-4-18(2,3)14-8-10-15(11-9-14)19-16-7-5-6-13(12-16)17(20)21/h13-16,19H,4-12H2,1-3H3,(H,20,21). The van der Waals surface area contributed by atoms with E-state index in [1.165, 1.54) is 32.1 Å². The van der Waals surface area contributed by atoms with Gasteiger partial charge in [-0.25, -0.2) is 0 Å². The summed E-state index contributed by atoms with van der Waals surface area (Å²) in [4.78, 5) is 11.2. The fourth-order valence-corrected chi connectivity index (χ4v) is 4.23. The average molecular weight is 295 g/mol. The molecule has 2 saturated carbocycles. The van der Waals surface area contributed by atoms with Crippen molar-refractivity contribution in [3.8, 4) is 0 Å². The zero-order chi connectivity index (χ0) is 15.5. The molecule has 122 valence electrons. The van der Waals surface area contributed by atoms with Crippen molar-refractivity contribution < 1.29 is 9.90 Å². The van der Waals surface area contributed by atoms with Crippen molar-refractivity contribution in [2.75, 3.05) is 0 Å². The molecule has 2 aliphatic carbocycles. The minimum Gasteiger partial charge on any atom is -0.481 e. The Balaban J connectivity index is 1.77. The van der Waals surface area contributed by atoms with Crippen LogP contribution in [0.2, 0.25) is 0 Å². The number of nitrogens with one attached hydrogen (secondary N) is 1. The van der Waals surface area contributed by atoms with Crippen molar-refractivity contribution >= 4 is 5.97 Å². The Labute approximate surface area is 129 Å². The van der Waals surface area contributed by atoms with Crippen molar-refractivity contribution in [3.05, 3.63) is 0 Å². The smallest absolute Gasteiger partial charge is 0.306 e. The van der Waals surface area contributed by atoms with Gasteiger partial charge in [-0.3, -0.25) is 4.79 Å². The Kier molecular flexibility index (Phi) is 5.70. The second-order valence-corrected chi connectivity index (χ2v) is 7.96. The predicted octanol–water partition coefficient (Wildman–Crippen LogP) is 4.21. The highest BCUT2D eigenvalue weighted by atomic mass is 16.4. The number of carboxylic acids is 1. The summed E-state index contributed by atoms with van der Waals surface area (Å²) in [6.45, 7) is 7.12. The lowest BCUT2D eigenvalue weighted by molar-refractivity contribution is -0.143. The van der Waals surface area contributed by atoms with Crippen LogP contribution >= 0.6 is 0 Å². The molecule has 0 aromatic carbocycles. The van der Waals surface area contributed by atoms with Crippen LogP contribution in [0.3, 0.4) is 0 Å². The molecular formula is C18H33NO2. The van der Waals surface area contributed by atoms with E-state index in [0.29, 0.717) is 17.5 Å². The van der Waals surface area contributed by atoms with E-state index in [1.54, 1.807) is 0 Å². The summed E-state index contributed by atoms with van der Waals surface area (Å²) in [6.07, 6.45) is 10.4. The fourth-order valence-electron chi connectivity index (χ4n) is 4.23. The maximum atomic E-state index is 11.2. The van der Waals surface area contributed by atoms with Gasteiger partial charge < -0.3 is 10.4 Å². The normalized spacial score (nSPS) is 34.6. The van der Waals surface area contributed by atoms with Gasteiger partial charge >= 0.3 is 5.97 Å². The molecule has 0 amide bonds. The summed E-state index contributed by atoms with van der Waals surface area (Å²) < 4.78 is 0. The lowest BCUT2D eigenvalue weighted by atomic mass is 9.68. The molecule has 2 aliphatic rings. The lowest BCUT2D eigenvalue weighted by Gasteiger charge is -2.40. The number of carboxylic acid groups (broad SMARTS) is 1. The van der Waals surface area contributed by atoms with Crippen LogP contribution in [0, 0.1) is 17.3 Å². The van der Waals surface area contributed by atoms with Crippen LogP contribution in [0.1, 0.15) is 78.6 Å². The van der Waals surface area contributed by atoms with Crippen LogP contribution in [0.15, 0.2) is 0 Å². The molecule has 3 nitrogen and oxygen atoms in total. The summed E-state index contributed by atoms with van der Waals surface area (Å²) in [5.74, 6) is 0.139.